The van der Waals surface area contributed by atoms with Crippen LogP contribution in [0.2, 0.25) is 0 Å². The maximum absolute atomic E-state index is 13.8. The minimum atomic E-state index is -0.894. The van der Waals surface area contributed by atoms with E-state index in [0.29, 0.717) is 88.7 Å². The quantitative estimate of drug-likeness (QED) is 0.0886. The zero-order valence-corrected chi connectivity index (χ0v) is 39.1. The minimum Gasteiger partial charge on any atom is -0.445 e. The van der Waals surface area contributed by atoms with Gasteiger partial charge >= 0.3 is 12.1 Å². The van der Waals surface area contributed by atoms with Gasteiger partial charge in [-0.15, -0.1) is 11.3 Å². The number of nitrogens with one attached hydrogen (secondary N) is 4. The molecule has 64 heavy (non-hydrogen) atoms. The number of aliphatic imine (C=N–C) groups is 1. The van der Waals surface area contributed by atoms with E-state index in [1.165, 1.54) is 0 Å². The fourth-order valence-corrected chi connectivity index (χ4v) is 8.21. The number of urea groups is 1. The number of rotatable bonds is 21. The fourth-order valence-electron chi connectivity index (χ4n) is 7.10. The first-order chi connectivity index (χ1) is 30.3. The van der Waals surface area contributed by atoms with Crippen molar-refractivity contribution in [3.05, 3.63) is 51.2 Å². The standard InChI is InChI=1S/C45H69N11O7S/c1-7-17-55(18-9-16-49-38(57)26-45(4,5)6)42(60)31-23-36-35(52-37(46)24-31)25-33(64-36)27-54-19-21-56(22-20-54)44(62)63-28-30-11-13-32(14-12-30)51-40(58)34(10-8-15-50-43(48)61)53-41(59)39(47)29(2)3/h11-14,23,25,29,34,39H,7-10,15-22,24,26-28,47H2,1-6H3,(H2,46,52)(H,49,57)(H,51,58)(H,53,59)(H3,48,50,61)/t34-,39-/m0/s1. The van der Waals surface area contributed by atoms with E-state index in [2.05, 4.69) is 31.2 Å². The van der Waals surface area contributed by atoms with Crippen molar-refractivity contribution in [3.63, 3.8) is 0 Å². The van der Waals surface area contributed by atoms with Crippen molar-refractivity contribution in [3.8, 4) is 0 Å². The Morgan fingerprint density at radius 2 is 1.64 bits per heavy atom. The number of fused-ring (bicyclic) bond motifs is 1. The molecule has 0 bridgehead atoms. The van der Waals surface area contributed by atoms with Gasteiger partial charge in [0.15, 0.2) is 0 Å². The number of carbonyl (C=O) groups excluding carboxylic acids is 6. The van der Waals surface area contributed by atoms with Crippen LogP contribution in [0.4, 0.5) is 21.0 Å². The van der Waals surface area contributed by atoms with Gasteiger partial charge < -0.3 is 53.0 Å². The normalized spacial score (nSPS) is 15.2. The molecule has 1 fully saturated rings. The van der Waals surface area contributed by atoms with E-state index in [4.69, 9.17) is 21.9 Å². The average Bonchev–Trinajstić information content (AvgIpc) is 3.52. The zero-order chi connectivity index (χ0) is 47.0. The zero-order valence-electron chi connectivity index (χ0n) is 38.3. The lowest BCUT2D eigenvalue weighted by Crippen LogP contribution is -2.51. The van der Waals surface area contributed by atoms with E-state index >= 15 is 0 Å². The molecule has 0 radical (unpaired) electrons. The molecule has 1 saturated heterocycles. The Kier molecular flexibility index (Phi) is 19.6. The summed E-state index contributed by atoms with van der Waals surface area (Å²) in [6.07, 6.45) is 4.30. The molecule has 352 valence electrons. The molecule has 7 amide bonds. The first kappa shape index (κ1) is 51.1. The summed E-state index contributed by atoms with van der Waals surface area (Å²) < 4.78 is 5.63. The third-order valence-electron chi connectivity index (χ3n) is 10.6. The maximum atomic E-state index is 13.8. The highest BCUT2D eigenvalue weighted by Crippen LogP contribution is 2.35. The van der Waals surface area contributed by atoms with Crippen LogP contribution in [0.1, 0.15) is 95.4 Å². The van der Waals surface area contributed by atoms with Crippen LogP contribution in [0.3, 0.4) is 0 Å². The summed E-state index contributed by atoms with van der Waals surface area (Å²) in [6.45, 7) is 16.6. The van der Waals surface area contributed by atoms with Gasteiger partial charge in [-0.05, 0) is 66.9 Å². The molecular formula is C45H69N11O7S. The number of benzene rings is 1. The lowest BCUT2D eigenvalue weighted by Gasteiger charge is -2.33. The summed E-state index contributed by atoms with van der Waals surface area (Å²) in [6, 6.07) is 6.52. The topological polar surface area (TPSA) is 260 Å². The molecule has 2 aliphatic rings. The van der Waals surface area contributed by atoms with Crippen LogP contribution in [-0.4, -0.2) is 121 Å². The highest BCUT2D eigenvalue weighted by Gasteiger charge is 2.27. The Bertz CT molecular complexity index is 1990. The molecular weight excluding hydrogens is 839 g/mol. The lowest BCUT2D eigenvalue weighted by atomic mass is 9.92. The average molecular weight is 908 g/mol. The SMILES string of the molecule is CCCN(CCCNC(=O)CC(C)(C)C)C(=O)C1=Cc2sc(CN3CCN(C(=O)OCc4ccc(NC(=O)[C@H](CCCNC(N)=O)NC(=O)[C@@H](N)C(C)C)cc4)CC3)cc2N=C(N)C1. The number of amides is 7. The minimum absolute atomic E-state index is 0.0133. The number of ether oxygens (including phenoxy) is 1. The van der Waals surface area contributed by atoms with Crippen LogP contribution in [0, 0.1) is 11.3 Å². The van der Waals surface area contributed by atoms with Gasteiger partial charge in [0.1, 0.15) is 18.5 Å². The highest BCUT2D eigenvalue weighted by atomic mass is 32.1. The Hall–Kier alpha value is -5.53. The summed E-state index contributed by atoms with van der Waals surface area (Å²) in [5.41, 5.74) is 19.9. The molecule has 18 nitrogen and oxygen atoms in total. The van der Waals surface area contributed by atoms with Gasteiger partial charge in [-0.25, -0.2) is 14.6 Å². The first-order valence-corrected chi connectivity index (χ1v) is 23.0. The monoisotopic (exact) mass is 908 g/mol. The van der Waals surface area contributed by atoms with Gasteiger partial charge in [0.25, 0.3) is 0 Å². The van der Waals surface area contributed by atoms with Gasteiger partial charge in [-0.3, -0.25) is 24.1 Å². The van der Waals surface area contributed by atoms with Crippen LogP contribution in [0.25, 0.3) is 6.08 Å². The number of hydrogen-bond acceptors (Lipinski definition) is 12. The van der Waals surface area contributed by atoms with Crippen LogP contribution in [0.5, 0.6) is 0 Å². The summed E-state index contributed by atoms with van der Waals surface area (Å²) in [4.78, 5) is 88.4. The number of nitrogens with two attached hydrogens (primary N) is 3. The van der Waals surface area contributed by atoms with Crippen LogP contribution < -0.4 is 38.5 Å². The largest absolute Gasteiger partial charge is 0.445 e. The Balaban J connectivity index is 1.25. The molecule has 1 aromatic heterocycles. The maximum Gasteiger partial charge on any atom is 0.410 e. The summed E-state index contributed by atoms with van der Waals surface area (Å²) in [5.74, 6) is -0.696. The molecule has 10 N–H and O–H groups in total. The van der Waals surface area contributed by atoms with Crippen molar-refractivity contribution in [2.75, 3.05) is 57.7 Å². The van der Waals surface area contributed by atoms with Crippen LogP contribution in [-0.2, 0) is 37.1 Å². The Morgan fingerprint density at radius 3 is 2.28 bits per heavy atom. The highest BCUT2D eigenvalue weighted by molar-refractivity contribution is 7.13. The van der Waals surface area contributed by atoms with E-state index < -0.39 is 36.0 Å². The fraction of sp³-hybridized carbons (Fsp3) is 0.578. The Labute approximate surface area is 381 Å². The molecule has 0 aliphatic carbocycles. The third-order valence-corrected chi connectivity index (χ3v) is 11.7. The molecule has 0 unspecified atom stereocenters. The summed E-state index contributed by atoms with van der Waals surface area (Å²) in [7, 11) is 0. The summed E-state index contributed by atoms with van der Waals surface area (Å²) in [5, 5.41) is 11.0. The van der Waals surface area contributed by atoms with E-state index in [9.17, 15) is 28.8 Å². The molecule has 2 aromatic rings. The van der Waals surface area contributed by atoms with E-state index in [1.54, 1.807) is 40.5 Å². The number of anilines is 1. The number of amidine groups is 1. The molecule has 3 heterocycles. The number of primary amides is 1. The predicted molar refractivity (Wildman–Crippen MR) is 250 cm³/mol. The molecule has 4 rings (SSSR count). The second-order valence-corrected chi connectivity index (χ2v) is 19.1. The van der Waals surface area contributed by atoms with Gasteiger partial charge in [0.2, 0.25) is 23.6 Å². The first-order valence-electron chi connectivity index (χ1n) is 22.2. The molecule has 19 heteroatoms. The number of nitrogens with zero attached hydrogens (tertiary/aromatic N) is 4. The Morgan fingerprint density at radius 1 is 0.953 bits per heavy atom. The van der Waals surface area contributed by atoms with Crippen LogP contribution >= 0.6 is 11.3 Å². The van der Waals surface area contributed by atoms with E-state index in [-0.39, 0.29) is 49.1 Å². The number of piperazine rings is 1. The van der Waals surface area contributed by atoms with Crippen molar-refractivity contribution >= 4 is 70.4 Å². The van der Waals surface area contributed by atoms with E-state index in [1.807, 2.05) is 58.6 Å². The molecule has 0 saturated carbocycles. The number of hydrogen-bond donors (Lipinski definition) is 7. The van der Waals surface area contributed by atoms with Crippen molar-refractivity contribution in [1.82, 2.24) is 30.7 Å². The molecule has 2 atom stereocenters. The van der Waals surface area contributed by atoms with Crippen molar-refractivity contribution in [2.24, 2.45) is 33.5 Å². The predicted octanol–water partition coefficient (Wildman–Crippen LogP) is 4.01. The lowest BCUT2D eigenvalue weighted by molar-refractivity contribution is -0.128. The van der Waals surface area contributed by atoms with Gasteiger partial charge in [-0.2, -0.15) is 0 Å². The van der Waals surface area contributed by atoms with Gasteiger partial charge in [0.05, 0.1) is 16.6 Å². The summed E-state index contributed by atoms with van der Waals surface area (Å²) >= 11 is 1.58. The second-order valence-electron chi connectivity index (χ2n) is 17.9. The van der Waals surface area contributed by atoms with Crippen LogP contribution in [0.15, 0.2) is 40.9 Å². The van der Waals surface area contributed by atoms with Crippen molar-refractivity contribution in [1.29, 1.82) is 0 Å². The third kappa shape index (κ3) is 16.9. The molecule has 1 aromatic carbocycles. The number of carbonyl (C=O) groups is 6. The molecule has 0 spiro atoms. The smallest absolute Gasteiger partial charge is 0.410 e. The van der Waals surface area contributed by atoms with E-state index in [0.717, 1.165) is 27.4 Å². The molecule has 2 aliphatic heterocycles. The second kappa shape index (κ2) is 24.5. The van der Waals surface area contributed by atoms with Gasteiger partial charge in [0, 0.05) is 87.9 Å². The van der Waals surface area contributed by atoms with Crippen molar-refractivity contribution < 1.29 is 33.5 Å². The van der Waals surface area contributed by atoms with Crippen molar-refractivity contribution in [2.45, 2.75) is 105 Å². The number of thiophene rings is 1. The van der Waals surface area contributed by atoms with Gasteiger partial charge in [-0.1, -0.05) is 53.7 Å².